The van der Waals surface area contributed by atoms with Crippen molar-refractivity contribution < 1.29 is 17.3 Å². The van der Waals surface area contributed by atoms with Crippen LogP contribution in [0.15, 0.2) is 0 Å². The maximum absolute atomic E-state index is 9.75. The molecular formula is C11H26BF4P. The monoisotopic (exact) mass is 276 g/mol. The lowest BCUT2D eigenvalue weighted by atomic mass is 10.00. The minimum absolute atomic E-state index is 0.976. The molecule has 0 bridgehead atoms. The Morgan fingerprint density at radius 1 is 0.941 bits per heavy atom. The van der Waals surface area contributed by atoms with Gasteiger partial charge in [-0.05, 0) is 21.6 Å². The first kappa shape index (κ1) is 19.6. The van der Waals surface area contributed by atoms with Gasteiger partial charge < -0.3 is 17.3 Å². The van der Waals surface area contributed by atoms with Crippen LogP contribution in [0.3, 0.4) is 0 Å². The summed E-state index contributed by atoms with van der Waals surface area (Å²) in [7, 11) is -3.89. The van der Waals surface area contributed by atoms with Gasteiger partial charge in [0.2, 0.25) is 0 Å². The predicted molar refractivity (Wildman–Crippen MR) is 73.3 cm³/mol. The van der Waals surface area contributed by atoms with Crippen LogP contribution in [0.25, 0.3) is 0 Å². The summed E-state index contributed by atoms with van der Waals surface area (Å²) in [5.74, 6) is 0.976. The fourth-order valence-corrected chi connectivity index (χ4v) is 2.29. The average Bonchev–Trinajstić information content (AvgIpc) is 2.15. The third kappa shape index (κ3) is 31.4. The molecule has 0 saturated carbocycles. The van der Waals surface area contributed by atoms with Crippen LogP contribution in [0.1, 0.15) is 58.8 Å². The van der Waals surface area contributed by atoms with Crippen molar-refractivity contribution in [1.29, 1.82) is 0 Å². The summed E-state index contributed by atoms with van der Waals surface area (Å²) in [6, 6.07) is 0. The van der Waals surface area contributed by atoms with Crippen LogP contribution in [0.2, 0.25) is 0 Å². The summed E-state index contributed by atoms with van der Waals surface area (Å²) < 4.78 is 39.0. The first-order chi connectivity index (χ1) is 7.81. The fraction of sp³-hybridized carbons (Fsp3) is 1.00. The van der Waals surface area contributed by atoms with E-state index in [2.05, 4.69) is 23.1 Å². The number of hydrogen-bond donors (Lipinski definition) is 0. The maximum Gasteiger partial charge on any atom is 0.673 e. The molecule has 0 fully saturated rings. The lowest BCUT2D eigenvalue weighted by molar-refractivity contribution is 0.368. The standard InChI is InChI=1S/C11H25P.BF4/c1-3-4-5-6-7-8-11(2)9-10-12;2-1(3,4)5/h11H,3-10,12H2,1-2H3;/q;-1/p+1. The molecule has 2 atom stereocenters. The molecule has 0 radical (unpaired) electrons. The molecule has 0 aromatic heterocycles. The predicted octanol–water partition coefficient (Wildman–Crippen LogP) is 5.28. The molecule has 0 aliphatic carbocycles. The zero-order valence-corrected chi connectivity index (χ0v) is 12.4. The van der Waals surface area contributed by atoms with Gasteiger partial charge in [-0.1, -0.05) is 52.4 Å². The minimum Gasteiger partial charge on any atom is -0.418 e. The lowest BCUT2D eigenvalue weighted by Crippen LogP contribution is -2.02. The topological polar surface area (TPSA) is 0 Å². The highest BCUT2D eigenvalue weighted by atomic mass is 31.0. The molecule has 106 valence electrons. The number of halogens is 4. The van der Waals surface area contributed by atoms with Gasteiger partial charge in [0.15, 0.2) is 0 Å². The molecule has 0 aliphatic rings. The molecule has 0 rings (SSSR count). The van der Waals surface area contributed by atoms with Gasteiger partial charge in [-0.15, -0.1) is 0 Å². The van der Waals surface area contributed by atoms with E-state index >= 15 is 0 Å². The number of unbranched alkanes of at least 4 members (excludes halogenated alkanes) is 4. The first-order valence-corrected chi connectivity index (χ1v) is 7.47. The Kier molecular flexibility index (Phi) is 14.6. The second-order valence-electron chi connectivity index (χ2n) is 4.45. The van der Waals surface area contributed by atoms with Gasteiger partial charge in [0, 0.05) is 0 Å². The molecule has 0 aromatic rings. The number of rotatable bonds is 8. The van der Waals surface area contributed by atoms with E-state index in [1.807, 2.05) is 0 Å². The summed E-state index contributed by atoms with van der Waals surface area (Å²) in [5.41, 5.74) is 0. The highest BCUT2D eigenvalue weighted by molar-refractivity contribution is 7.16. The Balaban J connectivity index is 0. The Hall–Kier alpha value is 0.215. The largest absolute Gasteiger partial charge is 0.673 e. The Bertz CT molecular complexity index is 147. The van der Waals surface area contributed by atoms with E-state index in [0.717, 1.165) is 5.92 Å². The van der Waals surface area contributed by atoms with Crippen LogP contribution in [0.4, 0.5) is 17.3 Å². The second kappa shape index (κ2) is 12.7. The summed E-state index contributed by atoms with van der Waals surface area (Å²) in [4.78, 5) is 0. The highest BCUT2D eigenvalue weighted by Crippen LogP contribution is 2.14. The van der Waals surface area contributed by atoms with Crippen molar-refractivity contribution in [2.75, 3.05) is 6.16 Å². The maximum atomic E-state index is 9.75. The van der Waals surface area contributed by atoms with Gasteiger partial charge in [-0.3, -0.25) is 0 Å². The molecule has 0 aliphatic heterocycles. The van der Waals surface area contributed by atoms with Crippen molar-refractivity contribution >= 4 is 16.5 Å². The van der Waals surface area contributed by atoms with E-state index < -0.39 is 7.25 Å². The first-order valence-electron chi connectivity index (χ1n) is 6.47. The quantitative estimate of drug-likeness (QED) is 0.245. The summed E-state index contributed by atoms with van der Waals surface area (Å²) in [6.45, 7) is 4.68. The van der Waals surface area contributed by atoms with Gasteiger partial charge in [0.1, 0.15) is 0 Å². The van der Waals surface area contributed by atoms with Crippen LogP contribution < -0.4 is 0 Å². The normalized spacial score (nSPS) is 13.1. The third-order valence-corrected chi connectivity index (χ3v) is 2.91. The zero-order valence-electron chi connectivity index (χ0n) is 11.0. The van der Waals surface area contributed by atoms with Crippen LogP contribution in [0, 0.1) is 5.92 Å². The lowest BCUT2D eigenvalue weighted by Gasteiger charge is -2.07. The molecule has 2 unspecified atom stereocenters. The van der Waals surface area contributed by atoms with Crippen molar-refractivity contribution in [3.05, 3.63) is 0 Å². The minimum atomic E-state index is -6.00. The molecule has 0 heterocycles. The molecule has 6 heteroatoms. The molecule has 17 heavy (non-hydrogen) atoms. The summed E-state index contributed by atoms with van der Waals surface area (Å²) >= 11 is 0. The smallest absolute Gasteiger partial charge is 0.418 e. The Labute approximate surface area is 105 Å². The Morgan fingerprint density at radius 3 is 1.82 bits per heavy atom. The van der Waals surface area contributed by atoms with Gasteiger partial charge in [0.25, 0.3) is 0 Å². The SMILES string of the molecule is CCCCCCCC(C)CC[PH3+].F[B-](F)(F)F. The molecule has 0 nitrogen and oxygen atoms in total. The van der Waals surface area contributed by atoms with E-state index in [-0.39, 0.29) is 0 Å². The van der Waals surface area contributed by atoms with Gasteiger partial charge in [-0.2, -0.15) is 0 Å². The van der Waals surface area contributed by atoms with Gasteiger partial charge >= 0.3 is 7.25 Å². The van der Waals surface area contributed by atoms with E-state index in [1.165, 1.54) is 51.1 Å². The average molecular weight is 276 g/mol. The second-order valence-corrected chi connectivity index (χ2v) is 5.15. The van der Waals surface area contributed by atoms with Crippen molar-refractivity contribution in [3.8, 4) is 0 Å². The molecule has 0 saturated heterocycles. The molecule has 0 amide bonds. The van der Waals surface area contributed by atoms with Crippen molar-refractivity contribution in [1.82, 2.24) is 0 Å². The number of hydrogen-bond acceptors (Lipinski definition) is 0. The van der Waals surface area contributed by atoms with E-state index in [1.54, 1.807) is 0 Å². The molecule has 0 aromatic carbocycles. The van der Waals surface area contributed by atoms with Crippen LogP contribution in [-0.2, 0) is 0 Å². The molecule has 0 spiro atoms. The Morgan fingerprint density at radius 2 is 1.41 bits per heavy atom. The van der Waals surface area contributed by atoms with Crippen LogP contribution >= 0.6 is 9.24 Å². The van der Waals surface area contributed by atoms with Gasteiger partial charge in [-0.25, -0.2) is 0 Å². The summed E-state index contributed by atoms with van der Waals surface area (Å²) in [6.07, 6.45) is 11.5. The molecular weight excluding hydrogens is 250 g/mol. The molecule has 0 N–H and O–H groups in total. The van der Waals surface area contributed by atoms with Crippen molar-refractivity contribution in [3.63, 3.8) is 0 Å². The van der Waals surface area contributed by atoms with E-state index in [0.29, 0.717) is 0 Å². The van der Waals surface area contributed by atoms with Gasteiger partial charge in [0.05, 0.1) is 6.16 Å². The zero-order chi connectivity index (χ0) is 13.7. The summed E-state index contributed by atoms with van der Waals surface area (Å²) in [5, 5.41) is 0. The van der Waals surface area contributed by atoms with Crippen molar-refractivity contribution in [2.45, 2.75) is 58.8 Å². The third-order valence-electron chi connectivity index (χ3n) is 2.50. The van der Waals surface area contributed by atoms with Crippen molar-refractivity contribution in [2.24, 2.45) is 5.92 Å². The fourth-order valence-electron chi connectivity index (χ4n) is 1.59. The van der Waals surface area contributed by atoms with Crippen LogP contribution in [-0.4, -0.2) is 13.4 Å². The van der Waals surface area contributed by atoms with E-state index in [4.69, 9.17) is 0 Å². The highest BCUT2D eigenvalue weighted by Gasteiger charge is 2.20. The van der Waals surface area contributed by atoms with E-state index in [9.17, 15) is 17.3 Å². The van der Waals surface area contributed by atoms with Crippen LogP contribution in [0.5, 0.6) is 0 Å².